The lowest BCUT2D eigenvalue weighted by Crippen LogP contribution is -2.58. The van der Waals surface area contributed by atoms with Gasteiger partial charge in [-0.3, -0.25) is 0 Å². The maximum absolute atomic E-state index is 12.9. The van der Waals surface area contributed by atoms with E-state index >= 15 is 0 Å². The summed E-state index contributed by atoms with van der Waals surface area (Å²) in [5.41, 5.74) is 5.90. The fourth-order valence-electron chi connectivity index (χ4n) is 2.99. The first-order chi connectivity index (χ1) is 9.43. The monoisotopic (exact) mass is 312 g/mol. The molecule has 0 aromatic heterocycles. The SMILES string of the molecule is Cc1cc(N)ccc1S(=O)(=O)N1CC(C)(C)OC(C)(C)C1. The van der Waals surface area contributed by atoms with Crippen LogP contribution in [0.3, 0.4) is 0 Å². The number of morpholine rings is 1. The zero-order chi connectivity index (χ0) is 16.1. The van der Waals surface area contributed by atoms with Gasteiger partial charge in [0.25, 0.3) is 0 Å². The van der Waals surface area contributed by atoms with Gasteiger partial charge in [0.2, 0.25) is 10.0 Å². The quantitative estimate of drug-likeness (QED) is 0.849. The first kappa shape index (κ1) is 16.3. The number of rotatable bonds is 2. The third-order valence-corrected chi connectivity index (χ3v) is 5.44. The van der Waals surface area contributed by atoms with E-state index in [0.29, 0.717) is 29.2 Å². The molecule has 1 saturated heterocycles. The first-order valence-corrected chi connectivity index (χ1v) is 8.43. The minimum absolute atomic E-state index is 0.310. The minimum Gasteiger partial charge on any atom is -0.399 e. The summed E-state index contributed by atoms with van der Waals surface area (Å²) in [6, 6.07) is 4.88. The van der Waals surface area contributed by atoms with Gasteiger partial charge in [-0.2, -0.15) is 4.31 Å². The van der Waals surface area contributed by atoms with E-state index in [1.807, 2.05) is 27.7 Å². The first-order valence-electron chi connectivity index (χ1n) is 6.99. The number of hydrogen-bond donors (Lipinski definition) is 1. The van der Waals surface area contributed by atoms with Crippen LogP contribution in [0.2, 0.25) is 0 Å². The molecule has 1 fully saturated rings. The second-order valence-corrected chi connectivity index (χ2v) is 8.83. The van der Waals surface area contributed by atoms with Crippen LogP contribution in [0, 0.1) is 6.92 Å². The van der Waals surface area contributed by atoms with Crippen molar-refractivity contribution in [3.05, 3.63) is 23.8 Å². The van der Waals surface area contributed by atoms with Crippen molar-refractivity contribution in [2.24, 2.45) is 0 Å². The maximum Gasteiger partial charge on any atom is 0.243 e. The third kappa shape index (κ3) is 3.39. The van der Waals surface area contributed by atoms with Gasteiger partial charge in [-0.15, -0.1) is 0 Å². The molecule has 0 aliphatic carbocycles. The van der Waals surface area contributed by atoms with Gasteiger partial charge in [0.05, 0.1) is 16.1 Å². The lowest BCUT2D eigenvalue weighted by atomic mass is 10.0. The minimum atomic E-state index is -3.55. The smallest absolute Gasteiger partial charge is 0.243 e. The van der Waals surface area contributed by atoms with E-state index in [2.05, 4.69) is 0 Å². The Morgan fingerprint density at radius 3 is 2.14 bits per heavy atom. The van der Waals surface area contributed by atoms with Gasteiger partial charge in [0.15, 0.2) is 0 Å². The Bertz CT molecular complexity index is 635. The van der Waals surface area contributed by atoms with E-state index in [1.54, 1.807) is 25.1 Å². The van der Waals surface area contributed by atoms with Crippen molar-refractivity contribution >= 4 is 15.7 Å². The van der Waals surface area contributed by atoms with E-state index < -0.39 is 21.2 Å². The van der Waals surface area contributed by atoms with E-state index in [4.69, 9.17) is 10.5 Å². The van der Waals surface area contributed by atoms with Crippen LogP contribution in [-0.2, 0) is 14.8 Å². The van der Waals surface area contributed by atoms with Gasteiger partial charge >= 0.3 is 0 Å². The number of nitrogens with two attached hydrogens (primary N) is 1. The molecule has 118 valence electrons. The van der Waals surface area contributed by atoms with Crippen molar-refractivity contribution < 1.29 is 13.2 Å². The molecule has 1 aliphatic heterocycles. The molecule has 0 saturated carbocycles. The van der Waals surface area contributed by atoms with Crippen LogP contribution < -0.4 is 5.73 Å². The maximum atomic E-state index is 12.9. The van der Waals surface area contributed by atoms with E-state index in [1.165, 1.54) is 4.31 Å². The van der Waals surface area contributed by atoms with Crippen molar-refractivity contribution in [1.82, 2.24) is 4.31 Å². The highest BCUT2D eigenvalue weighted by atomic mass is 32.2. The summed E-state index contributed by atoms with van der Waals surface area (Å²) in [5, 5.41) is 0. The van der Waals surface area contributed by atoms with Crippen molar-refractivity contribution in [1.29, 1.82) is 0 Å². The van der Waals surface area contributed by atoms with Gasteiger partial charge < -0.3 is 10.5 Å². The van der Waals surface area contributed by atoms with Gasteiger partial charge in [-0.1, -0.05) is 0 Å². The lowest BCUT2D eigenvalue weighted by molar-refractivity contribution is -0.163. The Balaban J connectivity index is 2.43. The van der Waals surface area contributed by atoms with Gasteiger partial charge in [-0.25, -0.2) is 8.42 Å². The summed E-state index contributed by atoms with van der Waals surface area (Å²) in [6.07, 6.45) is 0. The highest BCUT2D eigenvalue weighted by Crippen LogP contribution is 2.32. The number of ether oxygens (including phenoxy) is 1. The van der Waals surface area contributed by atoms with E-state index in [0.717, 1.165) is 0 Å². The van der Waals surface area contributed by atoms with E-state index in [-0.39, 0.29) is 0 Å². The van der Waals surface area contributed by atoms with Crippen molar-refractivity contribution in [3.8, 4) is 0 Å². The number of benzene rings is 1. The number of sulfonamides is 1. The number of nitrogen functional groups attached to an aromatic ring is 1. The van der Waals surface area contributed by atoms with E-state index in [9.17, 15) is 8.42 Å². The Hall–Kier alpha value is -1.11. The predicted octanol–water partition coefficient (Wildman–Crippen LogP) is 2.16. The molecule has 0 spiro atoms. The normalized spacial score (nSPS) is 22.1. The molecule has 1 aliphatic rings. The largest absolute Gasteiger partial charge is 0.399 e. The summed E-state index contributed by atoms with van der Waals surface area (Å²) in [7, 11) is -3.55. The molecule has 0 amide bonds. The zero-order valence-electron chi connectivity index (χ0n) is 13.3. The lowest BCUT2D eigenvalue weighted by Gasteiger charge is -2.46. The van der Waals surface area contributed by atoms with Crippen LogP contribution in [-0.4, -0.2) is 37.0 Å². The third-order valence-electron chi connectivity index (χ3n) is 3.48. The van der Waals surface area contributed by atoms with Crippen molar-refractivity contribution in [2.45, 2.75) is 50.7 Å². The highest BCUT2D eigenvalue weighted by molar-refractivity contribution is 7.89. The Morgan fingerprint density at radius 2 is 1.67 bits per heavy atom. The molecule has 21 heavy (non-hydrogen) atoms. The summed E-state index contributed by atoms with van der Waals surface area (Å²) >= 11 is 0. The zero-order valence-corrected chi connectivity index (χ0v) is 14.1. The van der Waals surface area contributed by atoms with Gasteiger partial charge in [0.1, 0.15) is 0 Å². The van der Waals surface area contributed by atoms with Crippen molar-refractivity contribution in [2.75, 3.05) is 18.8 Å². The molecular formula is C15H24N2O3S. The molecule has 2 N–H and O–H groups in total. The molecule has 2 rings (SSSR count). The van der Waals surface area contributed by atoms with Crippen molar-refractivity contribution in [3.63, 3.8) is 0 Å². The second kappa shape index (κ2) is 4.97. The van der Waals surface area contributed by atoms with Crippen LogP contribution in [0.25, 0.3) is 0 Å². The van der Waals surface area contributed by atoms with Crippen LogP contribution in [0.1, 0.15) is 33.3 Å². The number of nitrogens with zero attached hydrogens (tertiary/aromatic N) is 1. The highest BCUT2D eigenvalue weighted by Gasteiger charge is 2.43. The molecule has 0 bridgehead atoms. The second-order valence-electron chi connectivity index (χ2n) is 6.92. The Morgan fingerprint density at radius 1 is 1.14 bits per heavy atom. The predicted molar refractivity (Wildman–Crippen MR) is 83.6 cm³/mol. The standard InChI is InChI=1S/C15H24N2O3S/c1-11-8-12(16)6-7-13(11)21(18,19)17-9-14(2,3)20-15(4,5)10-17/h6-8H,9-10,16H2,1-5H3. The molecule has 1 heterocycles. The molecule has 6 heteroatoms. The van der Waals surface area contributed by atoms with Gasteiger partial charge in [0, 0.05) is 18.8 Å². The Labute approximate surface area is 127 Å². The van der Waals surface area contributed by atoms with Crippen LogP contribution >= 0.6 is 0 Å². The molecule has 0 atom stereocenters. The summed E-state index contributed by atoms with van der Waals surface area (Å²) < 4.78 is 33.3. The van der Waals surface area contributed by atoms with Crippen LogP contribution in [0.5, 0.6) is 0 Å². The molecule has 1 aromatic carbocycles. The number of hydrogen-bond acceptors (Lipinski definition) is 4. The fraction of sp³-hybridized carbons (Fsp3) is 0.600. The summed E-state index contributed by atoms with van der Waals surface area (Å²) in [6.45, 7) is 10.1. The molecule has 5 nitrogen and oxygen atoms in total. The number of anilines is 1. The topological polar surface area (TPSA) is 72.6 Å². The molecule has 0 radical (unpaired) electrons. The fourth-order valence-corrected chi connectivity index (χ4v) is 4.93. The average Bonchev–Trinajstić information content (AvgIpc) is 2.23. The van der Waals surface area contributed by atoms with Crippen LogP contribution in [0.4, 0.5) is 5.69 Å². The van der Waals surface area contributed by atoms with Crippen LogP contribution in [0.15, 0.2) is 23.1 Å². The summed E-state index contributed by atoms with van der Waals surface area (Å²) in [4.78, 5) is 0.310. The average molecular weight is 312 g/mol. The van der Waals surface area contributed by atoms with Gasteiger partial charge in [-0.05, 0) is 58.4 Å². The molecular weight excluding hydrogens is 288 g/mol. The molecule has 0 unspecified atom stereocenters. The number of aryl methyl sites for hydroxylation is 1. The Kier molecular flexibility index (Phi) is 3.85. The molecule has 1 aromatic rings. The summed E-state index contributed by atoms with van der Waals surface area (Å²) in [5.74, 6) is 0.